The van der Waals surface area contributed by atoms with Crippen LogP contribution in [-0.2, 0) is 0 Å². The van der Waals surface area contributed by atoms with Gasteiger partial charge in [0, 0.05) is 0 Å². The summed E-state index contributed by atoms with van der Waals surface area (Å²) in [7, 11) is -6.00. The molecule has 0 saturated heterocycles. The van der Waals surface area contributed by atoms with E-state index in [4.69, 9.17) is 0 Å². The molecule has 0 aromatic carbocycles. The summed E-state index contributed by atoms with van der Waals surface area (Å²) in [6.07, 6.45) is 6.92. The number of rotatable bonds is 0. The van der Waals surface area contributed by atoms with E-state index < -0.39 is 7.25 Å². The van der Waals surface area contributed by atoms with E-state index in [1.165, 1.54) is 0 Å². The van der Waals surface area contributed by atoms with E-state index in [1.807, 2.05) is 0 Å². The summed E-state index contributed by atoms with van der Waals surface area (Å²) in [6.45, 7) is 0. The summed E-state index contributed by atoms with van der Waals surface area (Å²) in [5, 5.41) is 0. The highest BCUT2D eigenvalue weighted by Gasteiger charge is 2.20. The van der Waals surface area contributed by atoms with Crippen LogP contribution in [-0.4, -0.2) is 12.2 Å². The van der Waals surface area contributed by atoms with Crippen LogP contribution in [0.2, 0.25) is 0 Å². The number of nitrogens with zero attached hydrogens (tertiary/aromatic N) is 1. The standard InChI is InChI=1S/C4H4N2.BF4/c1-2-6-4-3-5-1;2-1(3,4)5/h1-4H;/q;-1/p+1. The predicted molar refractivity (Wildman–Crippen MR) is 31.0 cm³/mol. The lowest BCUT2D eigenvalue weighted by Gasteiger charge is -1.94. The molecule has 0 saturated carbocycles. The first-order valence-electron chi connectivity index (χ1n) is 2.63. The first kappa shape index (κ1) is 9.86. The van der Waals surface area contributed by atoms with Crippen LogP contribution in [0.4, 0.5) is 17.3 Å². The van der Waals surface area contributed by atoms with Crippen molar-refractivity contribution in [3.63, 3.8) is 0 Å². The van der Waals surface area contributed by atoms with Gasteiger partial charge in [0.25, 0.3) is 0 Å². The second kappa shape index (κ2) is 4.65. The van der Waals surface area contributed by atoms with Gasteiger partial charge in [-0.25, -0.2) is 4.98 Å². The van der Waals surface area contributed by atoms with Gasteiger partial charge in [-0.05, 0) is 0 Å². The summed E-state index contributed by atoms with van der Waals surface area (Å²) in [4.78, 5) is 6.58. The lowest BCUT2D eigenvalue weighted by molar-refractivity contribution is -0.378. The summed E-state index contributed by atoms with van der Waals surface area (Å²) in [5.41, 5.74) is 0. The third-order valence-corrected chi connectivity index (χ3v) is 0.514. The van der Waals surface area contributed by atoms with Gasteiger partial charge in [-0.2, -0.15) is 0 Å². The van der Waals surface area contributed by atoms with Crippen molar-refractivity contribution in [2.24, 2.45) is 0 Å². The van der Waals surface area contributed by atoms with E-state index in [1.54, 1.807) is 24.8 Å². The maximum Gasteiger partial charge on any atom is 0.673 e. The number of hydrogen-bond acceptors (Lipinski definition) is 1. The highest BCUT2D eigenvalue weighted by atomic mass is 19.5. The summed E-state index contributed by atoms with van der Waals surface area (Å²) >= 11 is 0. The maximum atomic E-state index is 9.75. The second-order valence-corrected chi connectivity index (χ2v) is 1.44. The zero-order valence-corrected chi connectivity index (χ0v) is 5.35. The second-order valence-electron chi connectivity index (χ2n) is 1.44. The molecule has 1 aromatic rings. The minimum absolute atomic E-state index is 1.69. The number of aromatic nitrogens is 2. The Hall–Kier alpha value is -1.14. The van der Waals surface area contributed by atoms with Gasteiger partial charge in [-0.3, -0.25) is 4.98 Å². The van der Waals surface area contributed by atoms with E-state index in [9.17, 15) is 17.3 Å². The molecule has 11 heavy (non-hydrogen) atoms. The molecule has 0 spiro atoms. The van der Waals surface area contributed by atoms with Crippen molar-refractivity contribution in [3.05, 3.63) is 24.8 Å². The fraction of sp³-hybridized carbons (Fsp3) is 0. The molecule has 0 radical (unpaired) electrons. The van der Waals surface area contributed by atoms with Gasteiger partial charge in [-0.1, -0.05) is 0 Å². The summed E-state index contributed by atoms with van der Waals surface area (Å²) < 4.78 is 39.0. The van der Waals surface area contributed by atoms with E-state index in [0.717, 1.165) is 0 Å². The molecule has 0 aliphatic heterocycles. The van der Waals surface area contributed by atoms with Crippen LogP contribution in [0.25, 0.3) is 0 Å². The monoisotopic (exact) mass is 168 g/mol. The minimum Gasteiger partial charge on any atom is -0.418 e. The topological polar surface area (TPSA) is 27.0 Å². The predicted octanol–water partition coefficient (Wildman–Crippen LogP) is 1.20. The third kappa shape index (κ3) is 17.7. The number of hydrogen-bond donors (Lipinski definition) is 0. The highest BCUT2D eigenvalue weighted by Crippen LogP contribution is 2.06. The number of nitrogens with one attached hydrogen (secondary N) is 1. The molecule has 1 N–H and O–H groups in total. The van der Waals surface area contributed by atoms with Crippen LogP contribution in [0.5, 0.6) is 0 Å². The third-order valence-electron chi connectivity index (χ3n) is 0.514. The number of aromatic amines is 1. The average molecular weight is 168 g/mol. The average Bonchev–Trinajstić information content (AvgIpc) is 1.88. The van der Waals surface area contributed by atoms with Crippen LogP contribution in [0.15, 0.2) is 24.8 Å². The van der Waals surface area contributed by atoms with E-state index in [2.05, 4.69) is 9.97 Å². The SMILES string of the molecule is F[B-](F)(F)F.c1c[nH+]ccn1. The molecule has 2 nitrogen and oxygen atoms in total. The van der Waals surface area contributed by atoms with Crippen molar-refractivity contribution in [1.29, 1.82) is 0 Å². The number of H-pyrrole nitrogens is 1. The fourth-order valence-corrected chi connectivity index (χ4v) is 0.277. The van der Waals surface area contributed by atoms with Crippen LogP contribution < -0.4 is 4.98 Å². The van der Waals surface area contributed by atoms with Crippen LogP contribution in [0, 0.1) is 0 Å². The zero-order chi connectivity index (χ0) is 8.74. The zero-order valence-electron chi connectivity index (χ0n) is 5.35. The van der Waals surface area contributed by atoms with Gasteiger partial charge in [0.2, 0.25) is 0 Å². The summed E-state index contributed by atoms with van der Waals surface area (Å²) in [5.74, 6) is 0. The highest BCUT2D eigenvalue weighted by molar-refractivity contribution is 6.50. The van der Waals surface area contributed by atoms with Crippen LogP contribution in [0.3, 0.4) is 0 Å². The Morgan fingerprint density at radius 3 is 1.45 bits per heavy atom. The quantitative estimate of drug-likeness (QED) is 0.422. The van der Waals surface area contributed by atoms with Gasteiger partial charge in [0.1, 0.15) is 0 Å². The van der Waals surface area contributed by atoms with Crippen molar-refractivity contribution in [2.75, 3.05) is 0 Å². The van der Waals surface area contributed by atoms with Crippen LogP contribution >= 0.6 is 0 Å². The molecule has 0 aliphatic rings. The van der Waals surface area contributed by atoms with Crippen molar-refractivity contribution >= 4 is 7.25 Å². The lowest BCUT2D eigenvalue weighted by atomic mass is 10.3. The largest absolute Gasteiger partial charge is 0.673 e. The Labute approximate surface area is 60.4 Å². The Kier molecular flexibility index (Phi) is 4.17. The first-order chi connectivity index (χ1) is 5.00. The van der Waals surface area contributed by atoms with E-state index in [-0.39, 0.29) is 0 Å². The molecule has 62 valence electrons. The molecular weight excluding hydrogens is 163 g/mol. The summed E-state index contributed by atoms with van der Waals surface area (Å²) in [6, 6.07) is 0. The van der Waals surface area contributed by atoms with Gasteiger partial charge in [0.05, 0.1) is 12.4 Å². The molecule has 0 fully saturated rings. The molecule has 7 heteroatoms. The molecule has 0 bridgehead atoms. The van der Waals surface area contributed by atoms with Crippen molar-refractivity contribution in [1.82, 2.24) is 4.98 Å². The van der Waals surface area contributed by atoms with Crippen molar-refractivity contribution < 1.29 is 22.2 Å². The van der Waals surface area contributed by atoms with Crippen molar-refractivity contribution in [2.45, 2.75) is 0 Å². The van der Waals surface area contributed by atoms with E-state index in [0.29, 0.717) is 0 Å². The van der Waals surface area contributed by atoms with Gasteiger partial charge < -0.3 is 17.3 Å². The normalized spacial score (nSPS) is 9.82. The Bertz CT molecular complexity index is 144. The molecule has 1 aromatic heterocycles. The molecule has 0 amide bonds. The minimum atomic E-state index is -6.00. The molecule has 0 aliphatic carbocycles. The van der Waals surface area contributed by atoms with Gasteiger partial charge in [-0.15, -0.1) is 0 Å². The Balaban J connectivity index is 0.000000187. The molecule has 0 atom stereocenters. The number of halogens is 4. The maximum absolute atomic E-state index is 9.75. The van der Waals surface area contributed by atoms with Gasteiger partial charge in [0.15, 0.2) is 12.4 Å². The Morgan fingerprint density at radius 2 is 1.36 bits per heavy atom. The molecule has 1 rings (SSSR count). The molecule has 1 heterocycles. The first-order valence-corrected chi connectivity index (χ1v) is 2.63. The lowest BCUT2D eigenvalue weighted by Crippen LogP contribution is -2.02. The van der Waals surface area contributed by atoms with Crippen molar-refractivity contribution in [3.8, 4) is 0 Å². The fourth-order valence-electron chi connectivity index (χ4n) is 0.277. The van der Waals surface area contributed by atoms with Gasteiger partial charge >= 0.3 is 7.25 Å². The molecular formula is C4H5BF4N2. The smallest absolute Gasteiger partial charge is 0.418 e. The van der Waals surface area contributed by atoms with Crippen LogP contribution in [0.1, 0.15) is 0 Å². The molecule has 0 unspecified atom stereocenters. The van der Waals surface area contributed by atoms with E-state index >= 15 is 0 Å². The Morgan fingerprint density at radius 1 is 1.00 bits per heavy atom.